The van der Waals surface area contributed by atoms with Crippen LogP contribution in [0.5, 0.6) is 0 Å². The van der Waals surface area contributed by atoms with Crippen molar-refractivity contribution in [2.45, 2.75) is 33.1 Å². The molecule has 0 spiro atoms. The molecule has 4 rings (SSSR count). The molecule has 4 aromatic heterocycles. The van der Waals surface area contributed by atoms with E-state index in [0.29, 0.717) is 6.42 Å². The van der Waals surface area contributed by atoms with Crippen LogP contribution >= 0.6 is 0 Å². The van der Waals surface area contributed by atoms with Crippen LogP contribution in [0.15, 0.2) is 66.2 Å². The molecule has 0 N–H and O–H groups in total. The molecule has 0 aliphatic rings. The first-order chi connectivity index (χ1) is 12.1. The molecule has 0 bridgehead atoms. The van der Waals surface area contributed by atoms with Crippen LogP contribution < -0.4 is 0 Å². The van der Waals surface area contributed by atoms with E-state index < -0.39 is 0 Å². The first kappa shape index (κ1) is 15.6. The van der Waals surface area contributed by atoms with E-state index in [0.717, 1.165) is 46.1 Å². The fraction of sp³-hybridized carbons (Fsp3) is 0.238. The molecule has 0 unspecified atom stereocenters. The van der Waals surface area contributed by atoms with Crippen LogP contribution in [0.25, 0.3) is 0 Å². The Hall–Kier alpha value is -2.88. The van der Waals surface area contributed by atoms with Crippen molar-refractivity contribution in [3.8, 4) is 0 Å². The molecule has 0 aromatic carbocycles. The van der Waals surface area contributed by atoms with Gasteiger partial charge in [-0.15, -0.1) is 0 Å². The lowest BCUT2D eigenvalue weighted by Gasteiger charge is -2.09. The van der Waals surface area contributed by atoms with Gasteiger partial charge in [0.2, 0.25) is 0 Å². The molecule has 4 nitrogen and oxygen atoms in total. The van der Waals surface area contributed by atoms with E-state index in [9.17, 15) is 0 Å². The lowest BCUT2D eigenvalue weighted by molar-refractivity contribution is 0.381. The van der Waals surface area contributed by atoms with Crippen LogP contribution in [0.1, 0.15) is 52.0 Å². The number of hydrogen-bond donors (Lipinski definition) is 0. The van der Waals surface area contributed by atoms with Crippen molar-refractivity contribution in [3.63, 3.8) is 0 Å². The smallest absolute Gasteiger partial charge is 0.133 e. The predicted molar refractivity (Wildman–Crippen MR) is 92.8 cm³/mol. The van der Waals surface area contributed by atoms with Crippen molar-refractivity contribution >= 4 is 0 Å². The summed E-state index contributed by atoms with van der Waals surface area (Å²) >= 11 is 0. The molecule has 0 fully saturated rings. The molecule has 4 heterocycles. The molecular weight excluding hydrogens is 316 g/mol. The topological polar surface area (TPSA) is 52.6 Å². The summed E-state index contributed by atoms with van der Waals surface area (Å²) in [6, 6.07) is 15.7. The van der Waals surface area contributed by atoms with Gasteiger partial charge in [-0.25, -0.2) is 0 Å². The summed E-state index contributed by atoms with van der Waals surface area (Å²) in [5.74, 6) is 6.57. The fourth-order valence-corrected chi connectivity index (χ4v) is 3.03. The van der Waals surface area contributed by atoms with E-state index in [4.69, 9.17) is 17.7 Å². The maximum absolute atomic E-state index is 6.11. The number of rotatable bonds is 5. The summed E-state index contributed by atoms with van der Waals surface area (Å²) in [6.45, 7) is 5.80. The van der Waals surface area contributed by atoms with E-state index in [1.165, 1.54) is 0 Å². The highest BCUT2D eigenvalue weighted by atomic mass is 16.4. The SMILES string of the molecule is Cc1ccc(Cc2ccc(C(c3ccc(C)o3)c3ccc(C)o3)o2)o1. The van der Waals surface area contributed by atoms with Crippen molar-refractivity contribution < 1.29 is 17.7 Å². The maximum atomic E-state index is 6.11. The van der Waals surface area contributed by atoms with Crippen LogP contribution in [-0.2, 0) is 6.42 Å². The van der Waals surface area contributed by atoms with Gasteiger partial charge < -0.3 is 17.7 Å². The molecule has 0 aliphatic carbocycles. The molecular formula is C21H20O4. The van der Waals surface area contributed by atoms with Gasteiger partial charge in [-0.2, -0.15) is 0 Å². The van der Waals surface area contributed by atoms with Crippen LogP contribution in [0.3, 0.4) is 0 Å². The van der Waals surface area contributed by atoms with Gasteiger partial charge in [0, 0.05) is 0 Å². The van der Waals surface area contributed by atoms with Gasteiger partial charge in [0.25, 0.3) is 0 Å². The average molecular weight is 336 g/mol. The number of furan rings is 4. The van der Waals surface area contributed by atoms with Gasteiger partial charge >= 0.3 is 0 Å². The second-order valence-corrected chi connectivity index (χ2v) is 6.32. The average Bonchev–Trinajstić information content (AvgIpc) is 3.33. The molecule has 0 amide bonds. The maximum Gasteiger partial charge on any atom is 0.133 e. The minimum atomic E-state index is -0.200. The first-order valence-electron chi connectivity index (χ1n) is 8.35. The molecule has 4 aromatic rings. The standard InChI is InChI=1S/C21H20O4/c1-13-4-7-16(22-13)12-17-8-11-20(25-17)21(18-9-5-14(2)23-18)19-10-6-15(3)24-19/h4-11,21H,12H2,1-3H3. The third-order valence-electron chi connectivity index (χ3n) is 4.20. The molecule has 0 saturated heterocycles. The van der Waals surface area contributed by atoms with E-state index in [1.807, 2.05) is 69.3 Å². The van der Waals surface area contributed by atoms with Crippen LogP contribution in [0.2, 0.25) is 0 Å². The Balaban J connectivity index is 1.68. The monoisotopic (exact) mass is 336 g/mol. The Morgan fingerprint density at radius 2 is 1.00 bits per heavy atom. The summed E-state index contributed by atoms with van der Waals surface area (Å²) in [7, 11) is 0. The van der Waals surface area contributed by atoms with E-state index in [1.54, 1.807) is 0 Å². The third kappa shape index (κ3) is 3.20. The quantitative estimate of drug-likeness (QED) is 0.465. The highest BCUT2D eigenvalue weighted by Crippen LogP contribution is 2.35. The zero-order valence-corrected chi connectivity index (χ0v) is 14.5. The normalized spacial score (nSPS) is 11.5. The van der Waals surface area contributed by atoms with E-state index in [-0.39, 0.29) is 5.92 Å². The third-order valence-corrected chi connectivity index (χ3v) is 4.20. The van der Waals surface area contributed by atoms with Crippen molar-refractivity contribution in [1.29, 1.82) is 0 Å². The Kier molecular flexibility index (Phi) is 3.88. The minimum absolute atomic E-state index is 0.200. The van der Waals surface area contributed by atoms with Crippen molar-refractivity contribution in [2.24, 2.45) is 0 Å². The molecule has 128 valence electrons. The lowest BCUT2D eigenvalue weighted by atomic mass is 10.0. The highest BCUT2D eigenvalue weighted by Gasteiger charge is 2.26. The summed E-state index contributed by atoms with van der Waals surface area (Å²) in [5.41, 5.74) is 0. The fourth-order valence-electron chi connectivity index (χ4n) is 3.03. The zero-order chi connectivity index (χ0) is 17.4. The highest BCUT2D eigenvalue weighted by molar-refractivity contribution is 5.32. The summed E-state index contributed by atoms with van der Waals surface area (Å²) in [5, 5.41) is 0. The summed E-state index contributed by atoms with van der Waals surface area (Å²) in [6.07, 6.45) is 0.620. The predicted octanol–water partition coefficient (Wildman–Crippen LogP) is 5.75. The lowest BCUT2D eigenvalue weighted by Crippen LogP contribution is -1.99. The van der Waals surface area contributed by atoms with Crippen LogP contribution in [0.4, 0.5) is 0 Å². The van der Waals surface area contributed by atoms with Crippen molar-refractivity contribution in [1.82, 2.24) is 0 Å². The first-order valence-corrected chi connectivity index (χ1v) is 8.35. The zero-order valence-electron chi connectivity index (χ0n) is 14.5. The van der Waals surface area contributed by atoms with Crippen LogP contribution in [0, 0.1) is 20.8 Å². The van der Waals surface area contributed by atoms with Gasteiger partial charge in [-0.05, 0) is 69.3 Å². The van der Waals surface area contributed by atoms with Gasteiger partial charge in [0.05, 0.1) is 6.42 Å². The second kappa shape index (κ2) is 6.20. The van der Waals surface area contributed by atoms with Gasteiger partial charge in [-0.1, -0.05) is 0 Å². The summed E-state index contributed by atoms with van der Waals surface area (Å²) in [4.78, 5) is 0. The Morgan fingerprint density at radius 3 is 1.52 bits per heavy atom. The molecule has 4 heteroatoms. The second-order valence-electron chi connectivity index (χ2n) is 6.32. The van der Waals surface area contributed by atoms with E-state index in [2.05, 4.69) is 0 Å². The van der Waals surface area contributed by atoms with Gasteiger partial charge in [-0.3, -0.25) is 0 Å². The number of aryl methyl sites for hydroxylation is 3. The molecule has 0 aliphatic heterocycles. The molecule has 0 radical (unpaired) electrons. The largest absolute Gasteiger partial charge is 0.466 e. The molecule has 0 saturated carbocycles. The van der Waals surface area contributed by atoms with Crippen molar-refractivity contribution in [3.05, 3.63) is 94.6 Å². The Bertz CT molecular complexity index is 939. The van der Waals surface area contributed by atoms with Gasteiger partial charge in [0.15, 0.2) is 0 Å². The number of hydrogen-bond acceptors (Lipinski definition) is 4. The Morgan fingerprint density at radius 1 is 0.560 bits per heavy atom. The van der Waals surface area contributed by atoms with E-state index >= 15 is 0 Å². The molecule has 25 heavy (non-hydrogen) atoms. The van der Waals surface area contributed by atoms with Crippen LogP contribution in [-0.4, -0.2) is 0 Å². The Labute approximate surface area is 146 Å². The van der Waals surface area contributed by atoms with Crippen molar-refractivity contribution in [2.75, 3.05) is 0 Å². The minimum Gasteiger partial charge on any atom is -0.466 e. The molecule has 0 atom stereocenters. The summed E-state index contributed by atoms with van der Waals surface area (Å²) < 4.78 is 23.5. The van der Waals surface area contributed by atoms with Gasteiger partial charge in [0.1, 0.15) is 52.0 Å².